The number of anilines is 1. The SMILES string of the molecule is O=C(COC(=O)c1cccc(NC(=O)c2ccccc2)c1)C1=CC=CCC=C1. The van der Waals surface area contributed by atoms with E-state index in [2.05, 4.69) is 5.32 Å². The fourth-order valence-electron chi connectivity index (χ4n) is 2.58. The minimum absolute atomic E-state index is 0.254. The normalized spacial score (nSPS) is 12.6. The van der Waals surface area contributed by atoms with Crippen LogP contribution in [0, 0.1) is 0 Å². The number of benzene rings is 2. The highest BCUT2D eigenvalue weighted by molar-refractivity contribution is 6.05. The highest BCUT2D eigenvalue weighted by Gasteiger charge is 2.14. The predicted molar refractivity (Wildman–Crippen MR) is 107 cm³/mol. The third kappa shape index (κ3) is 5.14. The van der Waals surface area contributed by atoms with Crippen molar-refractivity contribution in [3.8, 4) is 0 Å². The van der Waals surface area contributed by atoms with E-state index in [-0.39, 0.29) is 23.9 Å². The second-order valence-corrected chi connectivity index (χ2v) is 6.09. The summed E-state index contributed by atoms with van der Waals surface area (Å²) in [6, 6.07) is 15.2. The smallest absolute Gasteiger partial charge is 0.338 e. The Bertz CT molecular complexity index is 971. The molecule has 0 atom stereocenters. The van der Waals surface area contributed by atoms with Crippen molar-refractivity contribution >= 4 is 23.3 Å². The number of Topliss-reactive ketones (excluding diaryl/α,β-unsaturated/α-hetero) is 1. The minimum Gasteiger partial charge on any atom is -0.454 e. The summed E-state index contributed by atoms with van der Waals surface area (Å²) in [5.41, 5.74) is 1.73. The molecule has 1 aliphatic carbocycles. The van der Waals surface area contributed by atoms with Gasteiger partial charge in [0, 0.05) is 16.8 Å². The molecule has 1 aliphatic rings. The van der Waals surface area contributed by atoms with Gasteiger partial charge in [0.25, 0.3) is 5.91 Å². The number of rotatable bonds is 6. The van der Waals surface area contributed by atoms with E-state index in [9.17, 15) is 14.4 Å². The van der Waals surface area contributed by atoms with Crippen LogP contribution in [0.5, 0.6) is 0 Å². The van der Waals surface area contributed by atoms with Gasteiger partial charge in [-0.05, 0) is 36.8 Å². The number of allylic oxidation sites excluding steroid dienone is 5. The predicted octanol–water partition coefficient (Wildman–Crippen LogP) is 4.11. The Balaban J connectivity index is 1.61. The number of hydrogen-bond acceptors (Lipinski definition) is 4. The molecule has 0 aliphatic heterocycles. The maximum absolute atomic E-state index is 12.3. The molecule has 0 aromatic heterocycles. The van der Waals surface area contributed by atoms with Crippen LogP contribution in [0.25, 0.3) is 0 Å². The van der Waals surface area contributed by atoms with Gasteiger partial charge in [0.2, 0.25) is 0 Å². The molecule has 5 nitrogen and oxygen atoms in total. The molecule has 140 valence electrons. The van der Waals surface area contributed by atoms with E-state index in [1.807, 2.05) is 18.2 Å². The van der Waals surface area contributed by atoms with Crippen LogP contribution in [0.15, 0.2) is 90.6 Å². The first kappa shape index (κ1) is 19.0. The maximum atomic E-state index is 12.3. The Kier molecular flexibility index (Phi) is 6.31. The summed E-state index contributed by atoms with van der Waals surface area (Å²) in [7, 11) is 0. The van der Waals surface area contributed by atoms with Gasteiger partial charge in [-0.15, -0.1) is 0 Å². The van der Waals surface area contributed by atoms with E-state index in [0.717, 1.165) is 6.42 Å². The van der Waals surface area contributed by atoms with Crippen LogP contribution in [-0.2, 0) is 9.53 Å². The zero-order valence-corrected chi connectivity index (χ0v) is 15.1. The third-order valence-electron chi connectivity index (χ3n) is 4.03. The van der Waals surface area contributed by atoms with Gasteiger partial charge in [-0.3, -0.25) is 9.59 Å². The summed E-state index contributed by atoms with van der Waals surface area (Å²) in [6.45, 7) is -0.344. The number of carbonyl (C=O) groups is 3. The fourth-order valence-corrected chi connectivity index (χ4v) is 2.58. The van der Waals surface area contributed by atoms with E-state index < -0.39 is 5.97 Å². The molecule has 2 aromatic rings. The van der Waals surface area contributed by atoms with Gasteiger partial charge in [-0.2, -0.15) is 0 Å². The fraction of sp³-hybridized carbons (Fsp3) is 0.0870. The van der Waals surface area contributed by atoms with Gasteiger partial charge in [-0.25, -0.2) is 4.79 Å². The van der Waals surface area contributed by atoms with Crippen molar-refractivity contribution in [1.82, 2.24) is 0 Å². The number of ether oxygens (including phenoxy) is 1. The number of nitrogens with one attached hydrogen (secondary N) is 1. The van der Waals surface area contributed by atoms with Gasteiger partial charge >= 0.3 is 5.97 Å². The average Bonchev–Trinajstić information content (AvgIpc) is 3.02. The number of carbonyl (C=O) groups excluding carboxylic acids is 3. The van der Waals surface area contributed by atoms with Crippen molar-refractivity contribution in [3.05, 3.63) is 102 Å². The second kappa shape index (κ2) is 9.28. The summed E-state index contributed by atoms with van der Waals surface area (Å²) in [5.74, 6) is -1.18. The largest absolute Gasteiger partial charge is 0.454 e. The zero-order chi connectivity index (χ0) is 19.8. The molecule has 28 heavy (non-hydrogen) atoms. The molecule has 2 aromatic carbocycles. The van der Waals surface area contributed by atoms with Gasteiger partial charge in [0.15, 0.2) is 12.4 Å². The van der Waals surface area contributed by atoms with E-state index in [1.54, 1.807) is 60.7 Å². The van der Waals surface area contributed by atoms with Crippen molar-refractivity contribution in [2.45, 2.75) is 6.42 Å². The minimum atomic E-state index is -0.627. The molecule has 1 N–H and O–H groups in total. The summed E-state index contributed by atoms with van der Waals surface area (Å²) >= 11 is 0. The first-order valence-electron chi connectivity index (χ1n) is 8.83. The molecule has 0 unspecified atom stereocenters. The Morgan fingerprint density at radius 3 is 2.54 bits per heavy atom. The highest BCUT2D eigenvalue weighted by Crippen LogP contribution is 2.14. The first-order chi connectivity index (χ1) is 13.6. The van der Waals surface area contributed by atoms with Crippen LogP contribution in [-0.4, -0.2) is 24.3 Å². The lowest BCUT2D eigenvalue weighted by Crippen LogP contribution is -2.16. The van der Waals surface area contributed by atoms with Crippen LogP contribution >= 0.6 is 0 Å². The van der Waals surface area contributed by atoms with Crippen LogP contribution in [0.4, 0.5) is 5.69 Å². The number of ketones is 1. The summed E-state index contributed by atoms with van der Waals surface area (Å²) in [4.78, 5) is 36.7. The van der Waals surface area contributed by atoms with E-state index in [4.69, 9.17) is 4.74 Å². The van der Waals surface area contributed by atoms with Crippen LogP contribution in [0.2, 0.25) is 0 Å². The van der Waals surface area contributed by atoms with Gasteiger partial charge in [0.1, 0.15) is 0 Å². The molecule has 0 saturated carbocycles. The summed E-state index contributed by atoms with van der Waals surface area (Å²) < 4.78 is 5.13. The summed E-state index contributed by atoms with van der Waals surface area (Å²) in [5, 5.41) is 2.74. The van der Waals surface area contributed by atoms with Crippen molar-refractivity contribution in [2.24, 2.45) is 0 Å². The lowest BCUT2D eigenvalue weighted by Gasteiger charge is -2.08. The third-order valence-corrected chi connectivity index (χ3v) is 4.03. The maximum Gasteiger partial charge on any atom is 0.338 e. The highest BCUT2D eigenvalue weighted by atomic mass is 16.5. The quantitative estimate of drug-likeness (QED) is 0.774. The molecule has 0 saturated heterocycles. The molecular formula is C23H19NO4. The molecule has 0 bridgehead atoms. The van der Waals surface area contributed by atoms with E-state index in [0.29, 0.717) is 16.8 Å². The van der Waals surface area contributed by atoms with Crippen molar-refractivity contribution in [2.75, 3.05) is 11.9 Å². The van der Waals surface area contributed by atoms with E-state index >= 15 is 0 Å². The Hall–Kier alpha value is -3.73. The van der Waals surface area contributed by atoms with Crippen LogP contribution in [0.3, 0.4) is 0 Å². The Labute approximate surface area is 163 Å². The summed E-state index contributed by atoms with van der Waals surface area (Å²) in [6.07, 6.45) is 9.77. The lowest BCUT2D eigenvalue weighted by atomic mass is 10.1. The molecule has 0 spiro atoms. The topological polar surface area (TPSA) is 72.5 Å². The molecule has 0 fully saturated rings. The Morgan fingerprint density at radius 1 is 0.929 bits per heavy atom. The van der Waals surface area contributed by atoms with Crippen molar-refractivity contribution < 1.29 is 19.1 Å². The molecule has 0 radical (unpaired) electrons. The van der Waals surface area contributed by atoms with E-state index in [1.165, 1.54) is 6.07 Å². The molecule has 5 heteroatoms. The zero-order valence-electron chi connectivity index (χ0n) is 15.1. The Morgan fingerprint density at radius 2 is 1.71 bits per heavy atom. The number of amides is 1. The number of esters is 1. The van der Waals surface area contributed by atoms with Crippen LogP contribution < -0.4 is 5.32 Å². The molecule has 0 heterocycles. The average molecular weight is 373 g/mol. The second-order valence-electron chi connectivity index (χ2n) is 6.09. The molecule has 3 rings (SSSR count). The van der Waals surface area contributed by atoms with Crippen molar-refractivity contribution in [1.29, 1.82) is 0 Å². The van der Waals surface area contributed by atoms with Crippen LogP contribution in [0.1, 0.15) is 27.1 Å². The standard InChI is InChI=1S/C23H19NO4/c25-21(17-9-4-1-2-5-10-17)16-28-23(27)19-13-8-14-20(15-19)24-22(26)18-11-6-3-7-12-18/h1,3-15H,2,16H2,(H,24,26). The van der Waals surface area contributed by atoms with Crippen molar-refractivity contribution in [3.63, 3.8) is 0 Å². The van der Waals surface area contributed by atoms with Gasteiger partial charge in [0.05, 0.1) is 5.56 Å². The van der Waals surface area contributed by atoms with Gasteiger partial charge in [-0.1, -0.05) is 54.6 Å². The number of hydrogen-bond donors (Lipinski definition) is 1. The first-order valence-corrected chi connectivity index (χ1v) is 8.83. The molecular weight excluding hydrogens is 354 g/mol. The molecule has 1 amide bonds. The van der Waals surface area contributed by atoms with Gasteiger partial charge < -0.3 is 10.1 Å². The monoisotopic (exact) mass is 373 g/mol. The lowest BCUT2D eigenvalue weighted by molar-refractivity contribution is -0.118.